The van der Waals surface area contributed by atoms with Crippen molar-refractivity contribution in [1.29, 1.82) is 0 Å². The first kappa shape index (κ1) is 15.6. The number of likely N-dealkylation sites (tertiary alicyclic amines) is 1. The van der Waals surface area contributed by atoms with Gasteiger partial charge >= 0.3 is 12.0 Å². The molecular formula is C17H28N2O3. The van der Waals surface area contributed by atoms with Crippen LogP contribution in [0.3, 0.4) is 0 Å². The van der Waals surface area contributed by atoms with Gasteiger partial charge in [0, 0.05) is 19.1 Å². The quantitative estimate of drug-likeness (QED) is 0.842. The van der Waals surface area contributed by atoms with Crippen molar-refractivity contribution in [1.82, 2.24) is 10.2 Å². The number of nitrogens with zero attached hydrogens (tertiary/aromatic N) is 1. The summed E-state index contributed by atoms with van der Waals surface area (Å²) in [5, 5.41) is 12.1. The highest BCUT2D eigenvalue weighted by Crippen LogP contribution is 2.35. The summed E-state index contributed by atoms with van der Waals surface area (Å²) >= 11 is 0. The third-order valence-electron chi connectivity index (χ3n) is 5.92. The molecule has 0 unspecified atom stereocenters. The predicted molar refractivity (Wildman–Crippen MR) is 83.6 cm³/mol. The van der Waals surface area contributed by atoms with Crippen LogP contribution < -0.4 is 5.32 Å². The molecule has 0 radical (unpaired) electrons. The predicted octanol–water partition coefficient (Wildman–Crippen LogP) is 2.85. The average Bonchev–Trinajstić information content (AvgIpc) is 2.47. The van der Waals surface area contributed by atoms with E-state index >= 15 is 0 Å². The van der Waals surface area contributed by atoms with E-state index in [1.165, 1.54) is 32.1 Å². The largest absolute Gasteiger partial charge is 0.481 e. The van der Waals surface area contributed by atoms with Crippen molar-refractivity contribution < 1.29 is 14.7 Å². The molecule has 3 rings (SSSR count). The Bertz CT molecular complexity index is 406. The number of carbonyl (C=O) groups excluding carboxylic acids is 1. The Morgan fingerprint density at radius 2 is 1.50 bits per heavy atom. The van der Waals surface area contributed by atoms with E-state index in [0.717, 1.165) is 31.8 Å². The molecule has 3 fully saturated rings. The molecule has 0 aromatic rings. The van der Waals surface area contributed by atoms with E-state index in [0.29, 0.717) is 18.8 Å². The second kappa shape index (κ2) is 6.88. The molecule has 0 aromatic heterocycles. The van der Waals surface area contributed by atoms with E-state index in [-0.39, 0.29) is 18.0 Å². The Morgan fingerprint density at radius 1 is 0.864 bits per heavy atom. The summed E-state index contributed by atoms with van der Waals surface area (Å²) in [5.41, 5.74) is 0. The highest BCUT2D eigenvalue weighted by molar-refractivity contribution is 5.75. The fourth-order valence-corrected chi connectivity index (χ4v) is 4.33. The maximum atomic E-state index is 12.2. The molecule has 1 heterocycles. The summed E-state index contributed by atoms with van der Waals surface area (Å²) < 4.78 is 0. The molecule has 22 heavy (non-hydrogen) atoms. The molecule has 0 aromatic carbocycles. The van der Waals surface area contributed by atoms with Crippen molar-refractivity contribution in [3.8, 4) is 0 Å². The molecule has 5 nitrogen and oxygen atoms in total. The van der Waals surface area contributed by atoms with Gasteiger partial charge in [0.1, 0.15) is 0 Å². The van der Waals surface area contributed by atoms with Gasteiger partial charge in [0.05, 0.1) is 5.92 Å². The van der Waals surface area contributed by atoms with Crippen molar-refractivity contribution in [2.24, 2.45) is 17.8 Å². The Hall–Kier alpha value is -1.26. The van der Waals surface area contributed by atoms with Crippen LogP contribution in [0.1, 0.15) is 57.8 Å². The molecule has 2 saturated carbocycles. The van der Waals surface area contributed by atoms with Gasteiger partial charge < -0.3 is 15.3 Å². The molecule has 0 atom stereocenters. The summed E-state index contributed by atoms with van der Waals surface area (Å²) in [7, 11) is 0. The van der Waals surface area contributed by atoms with Gasteiger partial charge in [0.15, 0.2) is 0 Å². The number of nitrogens with one attached hydrogen (secondary N) is 1. The lowest BCUT2D eigenvalue weighted by Crippen LogP contribution is -2.57. The van der Waals surface area contributed by atoms with Gasteiger partial charge in [-0.15, -0.1) is 0 Å². The first-order chi connectivity index (χ1) is 10.6. The van der Waals surface area contributed by atoms with Crippen LogP contribution in [0.5, 0.6) is 0 Å². The number of amides is 2. The van der Waals surface area contributed by atoms with Crippen molar-refractivity contribution in [2.75, 3.05) is 13.1 Å². The lowest BCUT2D eigenvalue weighted by atomic mass is 9.76. The number of hydrogen-bond donors (Lipinski definition) is 2. The molecule has 2 aliphatic carbocycles. The number of carboxylic acids is 1. The number of urea groups is 1. The topological polar surface area (TPSA) is 69.6 Å². The van der Waals surface area contributed by atoms with Crippen LogP contribution in [0, 0.1) is 17.8 Å². The second-order valence-corrected chi connectivity index (χ2v) is 7.40. The molecule has 5 heteroatoms. The Balaban J connectivity index is 1.36. The summed E-state index contributed by atoms with van der Waals surface area (Å²) in [6, 6.07) is 0.225. The fraction of sp³-hybridized carbons (Fsp3) is 0.882. The van der Waals surface area contributed by atoms with Crippen LogP contribution in [0.4, 0.5) is 4.79 Å². The molecule has 2 N–H and O–H groups in total. The van der Waals surface area contributed by atoms with Crippen LogP contribution >= 0.6 is 0 Å². The van der Waals surface area contributed by atoms with E-state index in [1.807, 2.05) is 4.90 Å². The Labute approximate surface area is 132 Å². The van der Waals surface area contributed by atoms with E-state index in [2.05, 4.69) is 5.32 Å². The van der Waals surface area contributed by atoms with Gasteiger partial charge in [0.25, 0.3) is 0 Å². The fourth-order valence-electron chi connectivity index (χ4n) is 4.33. The van der Waals surface area contributed by atoms with Crippen molar-refractivity contribution in [3.05, 3.63) is 0 Å². The lowest BCUT2D eigenvalue weighted by Gasteiger charge is -2.45. The first-order valence-corrected chi connectivity index (χ1v) is 8.91. The number of aliphatic carboxylic acids is 1. The third-order valence-corrected chi connectivity index (χ3v) is 5.92. The lowest BCUT2D eigenvalue weighted by molar-refractivity contribution is -0.142. The zero-order valence-electron chi connectivity index (χ0n) is 13.3. The summed E-state index contributed by atoms with van der Waals surface area (Å²) in [4.78, 5) is 25.1. The van der Waals surface area contributed by atoms with E-state index in [1.54, 1.807) is 0 Å². The summed E-state index contributed by atoms with van der Waals surface area (Å²) in [5.74, 6) is 0.647. The molecule has 0 spiro atoms. The van der Waals surface area contributed by atoms with E-state index < -0.39 is 5.97 Å². The SMILES string of the molecule is O=C(O)C1CCC(NC(=O)N2CC(C3CCCCC3)C2)CC1. The molecule has 124 valence electrons. The van der Waals surface area contributed by atoms with Gasteiger partial charge in [-0.25, -0.2) is 4.79 Å². The number of rotatable bonds is 3. The second-order valence-electron chi connectivity index (χ2n) is 7.40. The maximum absolute atomic E-state index is 12.2. The van der Waals surface area contributed by atoms with Gasteiger partial charge in [-0.1, -0.05) is 32.1 Å². The van der Waals surface area contributed by atoms with Crippen LogP contribution in [0.15, 0.2) is 0 Å². The van der Waals surface area contributed by atoms with Crippen LogP contribution in [-0.4, -0.2) is 41.1 Å². The van der Waals surface area contributed by atoms with Crippen molar-refractivity contribution in [2.45, 2.75) is 63.8 Å². The zero-order valence-corrected chi connectivity index (χ0v) is 13.3. The van der Waals surface area contributed by atoms with Gasteiger partial charge in [-0.3, -0.25) is 4.79 Å². The highest BCUT2D eigenvalue weighted by Gasteiger charge is 2.37. The molecule has 2 amide bonds. The zero-order chi connectivity index (χ0) is 15.5. The van der Waals surface area contributed by atoms with Gasteiger partial charge in [-0.2, -0.15) is 0 Å². The van der Waals surface area contributed by atoms with Gasteiger partial charge in [-0.05, 0) is 37.5 Å². The van der Waals surface area contributed by atoms with Crippen LogP contribution in [0.2, 0.25) is 0 Å². The standard InChI is InChI=1S/C17H28N2O3/c20-16(21)13-6-8-15(9-7-13)18-17(22)19-10-14(11-19)12-4-2-1-3-5-12/h12-15H,1-11H2,(H,18,22)(H,20,21). The van der Waals surface area contributed by atoms with Crippen molar-refractivity contribution >= 4 is 12.0 Å². The first-order valence-electron chi connectivity index (χ1n) is 8.91. The van der Waals surface area contributed by atoms with Crippen molar-refractivity contribution in [3.63, 3.8) is 0 Å². The molecule has 1 aliphatic heterocycles. The molecular weight excluding hydrogens is 280 g/mol. The number of carboxylic acid groups (broad SMARTS) is 1. The normalized spacial score (nSPS) is 30.6. The van der Waals surface area contributed by atoms with Gasteiger partial charge in [0.2, 0.25) is 0 Å². The third kappa shape index (κ3) is 3.55. The Kier molecular flexibility index (Phi) is 4.89. The molecule has 0 bridgehead atoms. The molecule has 3 aliphatic rings. The van der Waals surface area contributed by atoms with E-state index in [4.69, 9.17) is 5.11 Å². The number of carbonyl (C=O) groups is 2. The summed E-state index contributed by atoms with van der Waals surface area (Å²) in [6.45, 7) is 1.84. The van der Waals surface area contributed by atoms with Crippen LogP contribution in [-0.2, 0) is 4.79 Å². The van der Waals surface area contributed by atoms with E-state index in [9.17, 15) is 9.59 Å². The minimum absolute atomic E-state index is 0.0610. The molecule has 1 saturated heterocycles. The smallest absolute Gasteiger partial charge is 0.317 e. The average molecular weight is 308 g/mol. The number of hydrogen-bond acceptors (Lipinski definition) is 2. The minimum atomic E-state index is -0.692. The van der Waals surface area contributed by atoms with Crippen LogP contribution in [0.25, 0.3) is 0 Å². The maximum Gasteiger partial charge on any atom is 0.317 e. The Morgan fingerprint density at radius 3 is 2.09 bits per heavy atom. The highest BCUT2D eigenvalue weighted by atomic mass is 16.4. The monoisotopic (exact) mass is 308 g/mol. The summed E-state index contributed by atoms with van der Waals surface area (Å²) in [6.07, 6.45) is 9.76. The minimum Gasteiger partial charge on any atom is -0.481 e.